The summed E-state index contributed by atoms with van der Waals surface area (Å²) in [4.78, 5) is 30.6. The average molecular weight is 499 g/mol. The Bertz CT molecular complexity index is 1140. The molecular weight excluding hydrogens is 468 g/mol. The van der Waals surface area contributed by atoms with E-state index >= 15 is 0 Å². The fraction of sp³-hybridized carbons (Fsp3) is 0.519. The zero-order valence-corrected chi connectivity index (χ0v) is 21.0. The van der Waals surface area contributed by atoms with Crippen molar-refractivity contribution in [3.05, 3.63) is 52.2 Å². The number of fused-ring (bicyclic) bond motifs is 3. The van der Waals surface area contributed by atoms with Crippen LogP contribution < -0.4 is 9.64 Å². The predicted molar refractivity (Wildman–Crippen MR) is 132 cm³/mol. The molecule has 1 saturated carbocycles. The van der Waals surface area contributed by atoms with Gasteiger partial charge >= 0.3 is 11.9 Å². The maximum Gasteiger partial charge on any atom is 0.356 e. The lowest BCUT2D eigenvalue weighted by Gasteiger charge is -2.44. The highest BCUT2D eigenvalue weighted by Crippen LogP contribution is 2.45. The van der Waals surface area contributed by atoms with E-state index in [9.17, 15) is 9.59 Å². The van der Waals surface area contributed by atoms with Crippen molar-refractivity contribution in [2.75, 3.05) is 38.3 Å². The van der Waals surface area contributed by atoms with Crippen LogP contribution >= 0.6 is 11.6 Å². The number of anilines is 1. The number of halogens is 1. The van der Waals surface area contributed by atoms with E-state index in [0.29, 0.717) is 36.6 Å². The third-order valence-corrected chi connectivity index (χ3v) is 8.04. The first-order valence-corrected chi connectivity index (χ1v) is 12.7. The normalized spacial score (nSPS) is 24.9. The SMILES string of the molecule is COC(=O)c1ccc2c(n1)N(C[C@@H]1CC[C@H]1COC(C)=O)CC1(CCCc3cc(Cl)ccc31)CO2. The van der Waals surface area contributed by atoms with E-state index in [2.05, 4.69) is 17.0 Å². The summed E-state index contributed by atoms with van der Waals surface area (Å²) in [5.74, 6) is 1.32. The van der Waals surface area contributed by atoms with E-state index in [1.54, 1.807) is 6.07 Å². The van der Waals surface area contributed by atoms with Crippen molar-refractivity contribution >= 4 is 29.4 Å². The molecule has 5 rings (SSSR count). The quantitative estimate of drug-likeness (QED) is 0.558. The van der Waals surface area contributed by atoms with Gasteiger partial charge in [-0.05, 0) is 79.3 Å². The van der Waals surface area contributed by atoms with Crippen LogP contribution in [0.1, 0.15) is 54.2 Å². The molecule has 0 N–H and O–H groups in total. The van der Waals surface area contributed by atoms with E-state index in [0.717, 1.165) is 50.2 Å². The number of pyridine rings is 1. The first kappa shape index (κ1) is 23.9. The van der Waals surface area contributed by atoms with Gasteiger partial charge in [-0.25, -0.2) is 9.78 Å². The zero-order chi connectivity index (χ0) is 24.6. The third kappa shape index (κ3) is 4.70. The highest BCUT2D eigenvalue weighted by atomic mass is 35.5. The molecule has 1 spiro atoms. The molecule has 3 atom stereocenters. The van der Waals surface area contributed by atoms with Crippen molar-refractivity contribution in [2.24, 2.45) is 11.8 Å². The standard InChI is InChI=1S/C27H31ClN2O5/c1-17(31)34-14-20-6-5-19(20)13-30-15-27(11-3-4-18-12-21(28)7-8-22(18)27)16-35-24-10-9-23(26(32)33-2)29-25(24)30/h7-10,12,19-20H,3-6,11,13-16H2,1-2H3/t19-,20-,27?/m0/s1. The summed E-state index contributed by atoms with van der Waals surface area (Å²) >= 11 is 6.33. The summed E-state index contributed by atoms with van der Waals surface area (Å²) in [5.41, 5.74) is 2.61. The Hall–Kier alpha value is -2.80. The number of carbonyl (C=O) groups is 2. The number of aromatic nitrogens is 1. The lowest BCUT2D eigenvalue weighted by atomic mass is 9.69. The minimum absolute atomic E-state index is 0.209. The Morgan fingerprint density at radius 2 is 2.06 bits per heavy atom. The number of aryl methyl sites for hydroxylation is 1. The van der Waals surface area contributed by atoms with Gasteiger partial charge < -0.3 is 19.1 Å². The van der Waals surface area contributed by atoms with Crippen LogP contribution in [0.25, 0.3) is 0 Å². The summed E-state index contributed by atoms with van der Waals surface area (Å²) < 4.78 is 16.7. The minimum Gasteiger partial charge on any atom is -0.489 e. The van der Waals surface area contributed by atoms with Gasteiger partial charge in [0, 0.05) is 30.5 Å². The number of nitrogens with zero attached hydrogens (tertiary/aromatic N) is 2. The average Bonchev–Trinajstić information content (AvgIpc) is 2.98. The number of esters is 2. The summed E-state index contributed by atoms with van der Waals surface area (Å²) in [6.45, 7) is 3.91. The molecule has 0 amide bonds. The maximum atomic E-state index is 12.3. The first-order valence-electron chi connectivity index (χ1n) is 12.3. The Kier molecular flexibility index (Phi) is 6.62. The van der Waals surface area contributed by atoms with E-state index in [4.69, 9.17) is 30.8 Å². The summed E-state index contributed by atoms with van der Waals surface area (Å²) in [6, 6.07) is 9.67. The molecule has 1 unspecified atom stereocenters. The van der Waals surface area contributed by atoms with E-state index in [1.165, 1.54) is 25.2 Å². The summed E-state index contributed by atoms with van der Waals surface area (Å²) in [7, 11) is 1.36. The second-order valence-corrected chi connectivity index (χ2v) is 10.5. The summed E-state index contributed by atoms with van der Waals surface area (Å²) in [6.07, 6.45) is 5.16. The van der Waals surface area contributed by atoms with Crippen molar-refractivity contribution in [1.29, 1.82) is 0 Å². The number of carbonyl (C=O) groups excluding carboxylic acids is 2. The van der Waals surface area contributed by atoms with Crippen molar-refractivity contribution in [2.45, 2.75) is 44.4 Å². The van der Waals surface area contributed by atoms with Crippen LogP contribution in [-0.4, -0.2) is 50.3 Å². The van der Waals surface area contributed by atoms with Gasteiger partial charge in [-0.3, -0.25) is 4.79 Å². The smallest absolute Gasteiger partial charge is 0.356 e. The molecule has 2 aliphatic carbocycles. The molecular formula is C27H31ClN2O5. The maximum absolute atomic E-state index is 12.3. The number of methoxy groups -OCH3 is 1. The molecule has 3 aliphatic rings. The largest absolute Gasteiger partial charge is 0.489 e. The summed E-state index contributed by atoms with van der Waals surface area (Å²) in [5, 5.41) is 0.752. The van der Waals surface area contributed by atoms with Crippen molar-refractivity contribution < 1.29 is 23.8 Å². The fourth-order valence-corrected chi connectivity index (χ4v) is 6.00. The number of hydrogen-bond donors (Lipinski definition) is 0. The predicted octanol–water partition coefficient (Wildman–Crippen LogP) is 4.58. The number of hydrogen-bond acceptors (Lipinski definition) is 7. The first-order chi connectivity index (χ1) is 16.9. The Morgan fingerprint density at radius 1 is 1.23 bits per heavy atom. The third-order valence-electron chi connectivity index (χ3n) is 7.80. The van der Waals surface area contributed by atoms with Gasteiger partial charge in [0.05, 0.1) is 20.3 Å². The van der Waals surface area contributed by atoms with E-state index < -0.39 is 5.97 Å². The molecule has 0 saturated heterocycles. The lowest BCUT2D eigenvalue weighted by Crippen LogP contribution is -2.49. The molecule has 7 nitrogen and oxygen atoms in total. The van der Waals surface area contributed by atoms with Crippen LogP contribution in [0.5, 0.6) is 5.75 Å². The van der Waals surface area contributed by atoms with Crippen molar-refractivity contribution in [3.8, 4) is 5.75 Å². The molecule has 0 bridgehead atoms. The molecule has 8 heteroatoms. The van der Waals surface area contributed by atoms with Crippen LogP contribution in [0.3, 0.4) is 0 Å². The molecule has 35 heavy (non-hydrogen) atoms. The monoisotopic (exact) mass is 498 g/mol. The molecule has 1 aromatic heterocycles. The van der Waals surface area contributed by atoms with Gasteiger partial charge in [0.2, 0.25) is 0 Å². The Labute approximate surface area is 210 Å². The topological polar surface area (TPSA) is 78.0 Å². The van der Waals surface area contributed by atoms with Gasteiger partial charge in [0.1, 0.15) is 0 Å². The van der Waals surface area contributed by atoms with Gasteiger partial charge in [-0.1, -0.05) is 17.7 Å². The van der Waals surface area contributed by atoms with Gasteiger partial charge in [-0.2, -0.15) is 0 Å². The molecule has 2 heterocycles. The molecule has 0 radical (unpaired) electrons. The Morgan fingerprint density at radius 3 is 2.80 bits per heavy atom. The number of rotatable bonds is 5. The van der Waals surface area contributed by atoms with Crippen LogP contribution in [-0.2, 0) is 26.1 Å². The Balaban J connectivity index is 1.50. The molecule has 2 aromatic rings. The second kappa shape index (κ2) is 9.69. The van der Waals surface area contributed by atoms with Gasteiger partial charge in [0.15, 0.2) is 17.3 Å². The zero-order valence-electron chi connectivity index (χ0n) is 20.2. The molecule has 186 valence electrons. The van der Waals surface area contributed by atoms with Crippen LogP contribution in [0.4, 0.5) is 5.82 Å². The van der Waals surface area contributed by atoms with Crippen LogP contribution in [0, 0.1) is 11.8 Å². The van der Waals surface area contributed by atoms with Crippen molar-refractivity contribution in [1.82, 2.24) is 4.98 Å². The lowest BCUT2D eigenvalue weighted by molar-refractivity contribution is -0.144. The van der Waals surface area contributed by atoms with Crippen LogP contribution in [0.2, 0.25) is 5.02 Å². The fourth-order valence-electron chi connectivity index (χ4n) is 5.80. The van der Waals surface area contributed by atoms with E-state index in [-0.39, 0.29) is 17.1 Å². The molecule has 1 aromatic carbocycles. The van der Waals surface area contributed by atoms with Crippen LogP contribution in [0.15, 0.2) is 30.3 Å². The minimum atomic E-state index is -0.472. The number of benzene rings is 1. The molecule has 1 fully saturated rings. The second-order valence-electron chi connectivity index (χ2n) is 10.0. The number of ether oxygens (including phenoxy) is 3. The molecule has 1 aliphatic heterocycles. The highest BCUT2D eigenvalue weighted by molar-refractivity contribution is 6.30. The van der Waals surface area contributed by atoms with Gasteiger partial charge in [-0.15, -0.1) is 0 Å². The van der Waals surface area contributed by atoms with Crippen molar-refractivity contribution in [3.63, 3.8) is 0 Å². The van der Waals surface area contributed by atoms with E-state index in [1.807, 2.05) is 12.1 Å². The van der Waals surface area contributed by atoms with Gasteiger partial charge in [0.25, 0.3) is 0 Å². The highest BCUT2D eigenvalue weighted by Gasteiger charge is 2.44.